The number of hydrogen-bond acceptors (Lipinski definition) is 3. The van der Waals surface area contributed by atoms with Crippen molar-refractivity contribution in [1.82, 2.24) is 10.6 Å². The largest absolute Gasteiger partial charge is 0.353 e. The fourth-order valence-corrected chi connectivity index (χ4v) is 1.59. The Morgan fingerprint density at radius 2 is 2.45 bits per heavy atom. The summed E-state index contributed by atoms with van der Waals surface area (Å²) in [4.78, 5) is 11.1. The van der Waals surface area contributed by atoms with Crippen LogP contribution in [0.1, 0.15) is 6.42 Å². The lowest BCUT2D eigenvalue weighted by atomic mass is 10.2. The second-order valence-corrected chi connectivity index (χ2v) is 3.56. The summed E-state index contributed by atoms with van der Waals surface area (Å²) in [5.74, 6) is 1.20. The first-order chi connectivity index (χ1) is 5.34. The number of nitrogens with one attached hydrogen (secondary N) is 2. The van der Waals surface area contributed by atoms with Gasteiger partial charge in [0, 0.05) is 13.1 Å². The number of piperazine rings is 1. The van der Waals surface area contributed by atoms with Crippen LogP contribution in [0.25, 0.3) is 0 Å². The summed E-state index contributed by atoms with van der Waals surface area (Å²) < 4.78 is 0. The normalized spacial score (nSPS) is 24.8. The molecule has 0 aliphatic carbocycles. The number of thioether (sulfide) groups is 1. The Morgan fingerprint density at radius 1 is 1.64 bits per heavy atom. The Morgan fingerprint density at radius 3 is 3.09 bits per heavy atom. The van der Waals surface area contributed by atoms with Crippen molar-refractivity contribution in [2.45, 2.75) is 12.5 Å². The zero-order chi connectivity index (χ0) is 8.10. The highest BCUT2D eigenvalue weighted by Crippen LogP contribution is 2.01. The highest BCUT2D eigenvalue weighted by Gasteiger charge is 2.19. The molecule has 1 saturated heterocycles. The van der Waals surface area contributed by atoms with E-state index in [2.05, 4.69) is 16.9 Å². The van der Waals surface area contributed by atoms with Gasteiger partial charge in [-0.15, -0.1) is 0 Å². The van der Waals surface area contributed by atoms with Gasteiger partial charge in [-0.05, 0) is 18.4 Å². The fourth-order valence-electron chi connectivity index (χ4n) is 1.12. The van der Waals surface area contributed by atoms with E-state index in [1.54, 1.807) is 11.8 Å². The molecule has 1 heterocycles. The monoisotopic (exact) mass is 174 g/mol. The van der Waals surface area contributed by atoms with Gasteiger partial charge in [0.05, 0.1) is 6.04 Å². The molecular weight excluding hydrogens is 160 g/mol. The fraction of sp³-hybridized carbons (Fsp3) is 0.857. The SMILES string of the molecule is CSCC[C@H]1NCCNC1=O. The predicted octanol–water partition coefficient (Wildman–Crippen LogP) is -0.173. The van der Waals surface area contributed by atoms with Gasteiger partial charge in [0.1, 0.15) is 0 Å². The maximum atomic E-state index is 11.1. The molecule has 0 unspecified atom stereocenters. The van der Waals surface area contributed by atoms with Gasteiger partial charge in [0.25, 0.3) is 0 Å². The molecule has 1 rings (SSSR count). The molecule has 0 aromatic heterocycles. The molecule has 0 spiro atoms. The van der Waals surface area contributed by atoms with Gasteiger partial charge in [-0.3, -0.25) is 4.79 Å². The van der Waals surface area contributed by atoms with Gasteiger partial charge in [0.15, 0.2) is 0 Å². The zero-order valence-corrected chi connectivity index (χ0v) is 7.54. The van der Waals surface area contributed by atoms with Crippen molar-refractivity contribution in [2.24, 2.45) is 0 Å². The minimum atomic E-state index is 0.0520. The molecule has 0 saturated carbocycles. The van der Waals surface area contributed by atoms with Crippen LogP contribution in [0.15, 0.2) is 0 Å². The van der Waals surface area contributed by atoms with Crippen molar-refractivity contribution in [1.29, 1.82) is 0 Å². The zero-order valence-electron chi connectivity index (χ0n) is 6.72. The smallest absolute Gasteiger partial charge is 0.237 e. The minimum Gasteiger partial charge on any atom is -0.353 e. The van der Waals surface area contributed by atoms with Gasteiger partial charge in [0.2, 0.25) is 5.91 Å². The quantitative estimate of drug-likeness (QED) is 0.624. The Balaban J connectivity index is 2.24. The summed E-state index contributed by atoms with van der Waals surface area (Å²) in [5, 5.41) is 6.01. The van der Waals surface area contributed by atoms with Crippen molar-refractivity contribution in [3.05, 3.63) is 0 Å². The van der Waals surface area contributed by atoms with Crippen LogP contribution in [-0.4, -0.2) is 37.0 Å². The van der Waals surface area contributed by atoms with E-state index in [0.717, 1.165) is 25.3 Å². The van der Waals surface area contributed by atoms with Crippen molar-refractivity contribution >= 4 is 17.7 Å². The lowest BCUT2D eigenvalue weighted by Gasteiger charge is -2.22. The van der Waals surface area contributed by atoms with Gasteiger partial charge in [-0.2, -0.15) is 11.8 Å². The van der Waals surface area contributed by atoms with Crippen LogP contribution in [0.5, 0.6) is 0 Å². The number of rotatable bonds is 3. The third-order valence-corrected chi connectivity index (χ3v) is 2.39. The van der Waals surface area contributed by atoms with Gasteiger partial charge < -0.3 is 10.6 Å². The molecule has 64 valence electrons. The first-order valence-electron chi connectivity index (χ1n) is 3.84. The molecule has 0 aromatic rings. The van der Waals surface area contributed by atoms with Crippen molar-refractivity contribution < 1.29 is 4.79 Å². The minimum absolute atomic E-state index is 0.0520. The van der Waals surface area contributed by atoms with Crippen LogP contribution in [0.2, 0.25) is 0 Å². The van der Waals surface area contributed by atoms with E-state index in [1.807, 2.05) is 0 Å². The molecule has 11 heavy (non-hydrogen) atoms. The number of carbonyl (C=O) groups excluding carboxylic acids is 1. The molecule has 3 nitrogen and oxygen atoms in total. The topological polar surface area (TPSA) is 41.1 Å². The first-order valence-corrected chi connectivity index (χ1v) is 5.24. The van der Waals surface area contributed by atoms with Crippen molar-refractivity contribution in [2.75, 3.05) is 25.1 Å². The van der Waals surface area contributed by atoms with Gasteiger partial charge in [-0.1, -0.05) is 0 Å². The lowest BCUT2D eigenvalue weighted by Crippen LogP contribution is -2.52. The van der Waals surface area contributed by atoms with Crippen LogP contribution in [0.3, 0.4) is 0 Å². The summed E-state index contributed by atoms with van der Waals surface area (Å²) in [7, 11) is 0. The average molecular weight is 174 g/mol. The van der Waals surface area contributed by atoms with Crippen LogP contribution in [0.4, 0.5) is 0 Å². The summed E-state index contributed by atoms with van der Waals surface area (Å²) in [6.45, 7) is 1.68. The van der Waals surface area contributed by atoms with Crippen LogP contribution in [0, 0.1) is 0 Å². The maximum Gasteiger partial charge on any atom is 0.237 e. The number of amides is 1. The molecule has 1 fully saturated rings. The highest BCUT2D eigenvalue weighted by atomic mass is 32.2. The average Bonchev–Trinajstić information content (AvgIpc) is 2.03. The molecule has 0 radical (unpaired) electrons. The second kappa shape index (κ2) is 4.62. The molecule has 1 aliphatic rings. The Labute approximate surface area is 71.3 Å². The molecule has 1 amide bonds. The third-order valence-electron chi connectivity index (χ3n) is 1.74. The summed E-state index contributed by atoms with van der Waals surface area (Å²) in [5.41, 5.74) is 0. The third kappa shape index (κ3) is 2.71. The summed E-state index contributed by atoms with van der Waals surface area (Å²) in [6.07, 6.45) is 2.99. The molecule has 1 aliphatic heterocycles. The molecule has 0 aromatic carbocycles. The summed E-state index contributed by atoms with van der Waals surface area (Å²) in [6, 6.07) is 0.0520. The van der Waals surface area contributed by atoms with E-state index in [4.69, 9.17) is 0 Å². The van der Waals surface area contributed by atoms with Gasteiger partial charge >= 0.3 is 0 Å². The highest BCUT2D eigenvalue weighted by molar-refractivity contribution is 7.98. The van der Waals surface area contributed by atoms with Crippen molar-refractivity contribution in [3.8, 4) is 0 Å². The Bertz CT molecular complexity index is 140. The van der Waals surface area contributed by atoms with Crippen LogP contribution >= 0.6 is 11.8 Å². The second-order valence-electron chi connectivity index (χ2n) is 2.58. The van der Waals surface area contributed by atoms with E-state index in [0.29, 0.717) is 0 Å². The number of hydrogen-bond donors (Lipinski definition) is 2. The predicted molar refractivity (Wildman–Crippen MR) is 47.8 cm³/mol. The van der Waals surface area contributed by atoms with Crippen LogP contribution < -0.4 is 10.6 Å². The first kappa shape index (κ1) is 8.87. The lowest BCUT2D eigenvalue weighted by molar-refractivity contribution is -0.124. The van der Waals surface area contributed by atoms with E-state index in [1.165, 1.54) is 0 Å². The standard InChI is InChI=1S/C7H14N2OS/c1-11-5-2-6-7(10)9-4-3-8-6/h6,8H,2-5H2,1H3,(H,9,10)/t6-/m1/s1. The number of carbonyl (C=O) groups is 1. The Kier molecular flexibility index (Phi) is 3.72. The van der Waals surface area contributed by atoms with E-state index < -0.39 is 0 Å². The molecule has 1 atom stereocenters. The van der Waals surface area contributed by atoms with E-state index in [9.17, 15) is 4.79 Å². The maximum absolute atomic E-state index is 11.1. The summed E-state index contributed by atoms with van der Waals surface area (Å²) >= 11 is 1.78. The van der Waals surface area contributed by atoms with E-state index >= 15 is 0 Å². The van der Waals surface area contributed by atoms with E-state index in [-0.39, 0.29) is 11.9 Å². The van der Waals surface area contributed by atoms with Gasteiger partial charge in [-0.25, -0.2) is 0 Å². The molecule has 0 bridgehead atoms. The van der Waals surface area contributed by atoms with Crippen LogP contribution in [-0.2, 0) is 4.79 Å². The molecule has 4 heteroatoms. The van der Waals surface area contributed by atoms with Crippen molar-refractivity contribution in [3.63, 3.8) is 0 Å². The molecule has 2 N–H and O–H groups in total. The Hall–Kier alpha value is -0.220. The molecular formula is C7H14N2OS.